The van der Waals surface area contributed by atoms with Gasteiger partial charge >= 0.3 is 0 Å². The van der Waals surface area contributed by atoms with Crippen LogP contribution in [0.4, 0.5) is 0 Å². The zero-order valence-electron chi connectivity index (χ0n) is 5.26. The zero-order valence-corrected chi connectivity index (χ0v) is 6.85. The van der Waals surface area contributed by atoms with Gasteiger partial charge in [0.25, 0.3) is 0 Å². The molecule has 0 aliphatic carbocycles. The minimum Gasteiger partial charge on any atom is -0.361 e. The minimum atomic E-state index is 1.12. The van der Waals surface area contributed by atoms with Crippen LogP contribution >= 0.6 is 15.9 Å². The molecule has 1 aromatic heterocycles. The van der Waals surface area contributed by atoms with Gasteiger partial charge in [-0.25, -0.2) is 0 Å². The first-order valence-electron chi connectivity index (χ1n) is 3.09. The first kappa shape index (κ1) is 5.98. The topological polar surface area (TPSA) is 15.8 Å². The minimum absolute atomic E-state index is 1.12. The van der Waals surface area contributed by atoms with Crippen LogP contribution in [0.25, 0.3) is 10.9 Å². The molecule has 0 radical (unpaired) electrons. The quantitative estimate of drug-likeness (QED) is 0.675. The van der Waals surface area contributed by atoms with E-state index < -0.39 is 0 Å². The van der Waals surface area contributed by atoms with E-state index in [-0.39, 0.29) is 0 Å². The maximum atomic E-state index is 3.40. The fourth-order valence-corrected chi connectivity index (χ4v) is 1.40. The highest BCUT2D eigenvalue weighted by Crippen LogP contribution is 2.17. The summed E-state index contributed by atoms with van der Waals surface area (Å²) in [6.45, 7) is 0. The third-order valence-corrected chi connectivity index (χ3v) is 2.01. The van der Waals surface area contributed by atoms with E-state index in [1.54, 1.807) is 0 Å². The number of hydrogen-bond acceptors (Lipinski definition) is 0. The largest absolute Gasteiger partial charge is 0.361 e. The molecule has 1 N–H and O–H groups in total. The van der Waals surface area contributed by atoms with E-state index in [1.807, 2.05) is 12.3 Å². The number of nitrogens with one attached hydrogen (secondary N) is 1. The molecule has 1 nitrogen and oxygen atoms in total. The van der Waals surface area contributed by atoms with Crippen LogP contribution in [0.3, 0.4) is 0 Å². The molecular weight excluding hydrogens is 196 g/mol. The van der Waals surface area contributed by atoms with Crippen LogP contribution in [0.15, 0.2) is 34.9 Å². The van der Waals surface area contributed by atoms with Crippen LogP contribution in [0.1, 0.15) is 0 Å². The van der Waals surface area contributed by atoms with Gasteiger partial charge in [-0.2, -0.15) is 0 Å². The fraction of sp³-hybridized carbons (Fsp3) is 0. The van der Waals surface area contributed by atoms with E-state index in [2.05, 4.69) is 39.1 Å². The van der Waals surface area contributed by atoms with Crippen LogP contribution in [0.2, 0.25) is 0 Å². The summed E-state index contributed by atoms with van der Waals surface area (Å²) >= 11 is 3.40. The van der Waals surface area contributed by atoms with Crippen molar-refractivity contribution in [2.75, 3.05) is 0 Å². The lowest BCUT2D eigenvalue weighted by Crippen LogP contribution is -1.65. The first-order chi connectivity index (χ1) is 4.86. The molecule has 0 atom stereocenters. The maximum absolute atomic E-state index is 3.40. The molecule has 0 saturated carbocycles. The van der Waals surface area contributed by atoms with Gasteiger partial charge in [-0.05, 0) is 24.3 Å². The molecule has 0 saturated heterocycles. The Balaban J connectivity index is 2.86. The Morgan fingerprint density at radius 3 is 3.00 bits per heavy atom. The average molecular weight is 202 g/mol. The van der Waals surface area contributed by atoms with Crippen LogP contribution in [0, 0.1) is 0 Å². The Kier molecular flexibility index (Phi) is 1.27. The van der Waals surface area contributed by atoms with Gasteiger partial charge in [-0.15, -0.1) is 0 Å². The molecule has 1 heterocycles. The molecule has 0 aliphatic rings. The van der Waals surface area contributed by atoms with Crippen LogP contribution in [-0.4, -0.2) is 4.98 Å². The molecule has 0 bridgehead atoms. The molecule has 10 heavy (non-hydrogen) atoms. The van der Waals surface area contributed by atoms with E-state index in [0.29, 0.717) is 0 Å². The standard InChI is InChI=1S/C8H6BrN/c9-7-1-2-8-6(5-7)3-4-10-8/h1-5,10H/i1+1,2+1,5+1,6+1,7+1,8+1. The van der Waals surface area contributed by atoms with Crippen molar-refractivity contribution < 1.29 is 0 Å². The predicted octanol–water partition coefficient (Wildman–Crippen LogP) is 2.93. The van der Waals surface area contributed by atoms with E-state index >= 15 is 0 Å². The molecule has 2 aromatic rings. The van der Waals surface area contributed by atoms with Gasteiger partial charge in [0.2, 0.25) is 0 Å². The van der Waals surface area contributed by atoms with Crippen molar-refractivity contribution in [2.24, 2.45) is 0 Å². The van der Waals surface area contributed by atoms with Gasteiger partial charge in [0.15, 0.2) is 0 Å². The number of aromatic nitrogens is 1. The highest BCUT2D eigenvalue weighted by atomic mass is 79.9. The van der Waals surface area contributed by atoms with Crippen molar-refractivity contribution in [2.45, 2.75) is 0 Å². The van der Waals surface area contributed by atoms with Crippen molar-refractivity contribution in [3.63, 3.8) is 0 Å². The normalized spacial score (nSPS) is 10.5. The van der Waals surface area contributed by atoms with Gasteiger partial charge in [0.1, 0.15) is 0 Å². The first-order valence-corrected chi connectivity index (χ1v) is 3.88. The molecule has 0 amide bonds. The number of rotatable bonds is 0. The molecule has 0 spiro atoms. The average Bonchev–Trinajstić information content (AvgIpc) is 2.33. The van der Waals surface area contributed by atoms with Gasteiger partial charge in [-0.3, -0.25) is 0 Å². The van der Waals surface area contributed by atoms with Crippen molar-refractivity contribution in [1.82, 2.24) is 4.98 Å². The Hall–Kier alpha value is -0.760. The molecule has 0 fully saturated rings. The number of benzene rings is 1. The zero-order chi connectivity index (χ0) is 6.97. The molecule has 50 valence electrons. The smallest absolute Gasteiger partial charge is 0.0454 e. The third kappa shape index (κ3) is 0.847. The summed E-state index contributed by atoms with van der Waals surface area (Å²) < 4.78 is 1.12. The summed E-state index contributed by atoms with van der Waals surface area (Å²) in [7, 11) is 0. The summed E-state index contributed by atoms with van der Waals surface area (Å²) in [6, 6.07) is 8.23. The second-order valence-corrected chi connectivity index (χ2v) is 3.12. The Bertz CT molecular complexity index is 351. The van der Waals surface area contributed by atoms with Crippen LogP contribution in [-0.2, 0) is 0 Å². The highest BCUT2D eigenvalue weighted by Gasteiger charge is 1.92. The van der Waals surface area contributed by atoms with Gasteiger partial charge < -0.3 is 4.98 Å². The summed E-state index contributed by atoms with van der Waals surface area (Å²) in [4.78, 5) is 3.13. The second-order valence-electron chi connectivity index (χ2n) is 2.21. The predicted molar refractivity (Wildman–Crippen MR) is 46.0 cm³/mol. The summed E-state index contributed by atoms with van der Waals surface area (Å²) in [6.07, 6.45) is 1.94. The Labute approximate surface area is 67.2 Å². The third-order valence-electron chi connectivity index (χ3n) is 1.52. The van der Waals surface area contributed by atoms with Gasteiger partial charge in [0.05, 0.1) is 0 Å². The molecule has 0 unspecified atom stereocenters. The SMILES string of the molecule is Br[13c]1[13cH][13cH][13c]2[nH]cc[13c]2[13cH]1. The van der Waals surface area contributed by atoms with Crippen LogP contribution in [0.5, 0.6) is 0 Å². The van der Waals surface area contributed by atoms with Gasteiger partial charge in [-0.1, -0.05) is 15.9 Å². The maximum Gasteiger partial charge on any atom is 0.0454 e. The molecule has 2 rings (SSSR count). The lowest BCUT2D eigenvalue weighted by Gasteiger charge is -1.88. The Morgan fingerprint density at radius 1 is 1.20 bits per heavy atom. The molecular formula is C8H6BrN. The van der Waals surface area contributed by atoms with E-state index in [9.17, 15) is 0 Å². The highest BCUT2D eigenvalue weighted by molar-refractivity contribution is 9.10. The van der Waals surface area contributed by atoms with Crippen molar-refractivity contribution >= 4 is 26.8 Å². The monoisotopic (exact) mass is 201 g/mol. The number of hydrogen-bond donors (Lipinski definition) is 1. The van der Waals surface area contributed by atoms with Crippen LogP contribution < -0.4 is 0 Å². The van der Waals surface area contributed by atoms with E-state index in [4.69, 9.17) is 0 Å². The second kappa shape index (κ2) is 2.13. The Morgan fingerprint density at radius 2 is 2.10 bits per heavy atom. The molecule has 2 heteroatoms. The van der Waals surface area contributed by atoms with Crippen molar-refractivity contribution in [1.29, 1.82) is 0 Å². The number of H-pyrrole nitrogens is 1. The number of fused-ring (bicyclic) bond motifs is 1. The van der Waals surface area contributed by atoms with E-state index in [0.717, 1.165) is 4.47 Å². The number of aromatic amines is 1. The number of halogens is 1. The summed E-state index contributed by atoms with van der Waals surface area (Å²) in [5.41, 5.74) is 1.18. The van der Waals surface area contributed by atoms with Gasteiger partial charge in [0, 0.05) is 21.6 Å². The fourth-order valence-electron chi connectivity index (χ4n) is 1.02. The lowest BCUT2D eigenvalue weighted by molar-refractivity contribution is 1.48. The summed E-state index contributed by atoms with van der Waals surface area (Å²) in [5.74, 6) is 0. The molecule has 0 aliphatic heterocycles. The van der Waals surface area contributed by atoms with E-state index in [1.165, 1.54) is 10.9 Å². The van der Waals surface area contributed by atoms with Crippen molar-refractivity contribution in [3.05, 3.63) is 34.9 Å². The van der Waals surface area contributed by atoms with Crippen molar-refractivity contribution in [3.8, 4) is 0 Å². The molecule has 1 aromatic carbocycles. The lowest BCUT2D eigenvalue weighted by atomic mass is 10.9. The summed E-state index contributed by atoms with van der Waals surface area (Å²) in [5, 5.41) is 1.24.